The fraction of sp³-hybridized carbons (Fsp3) is 0.846. The van der Waals surface area contributed by atoms with E-state index in [0.717, 1.165) is 32.1 Å². The first-order chi connectivity index (χ1) is 8.63. The van der Waals surface area contributed by atoms with Gasteiger partial charge in [-0.05, 0) is 25.2 Å². The van der Waals surface area contributed by atoms with Crippen LogP contribution in [0, 0.1) is 5.92 Å². The number of carbonyl (C=O) groups excluding carboxylic acids is 1. The van der Waals surface area contributed by atoms with Crippen molar-refractivity contribution in [3.8, 4) is 0 Å². The van der Waals surface area contributed by atoms with Crippen LogP contribution in [-0.4, -0.2) is 41.8 Å². The van der Waals surface area contributed by atoms with Gasteiger partial charge in [0.05, 0.1) is 6.61 Å². The van der Waals surface area contributed by atoms with Crippen LogP contribution in [0.4, 0.5) is 4.79 Å². The molecule has 1 N–H and O–H groups in total. The van der Waals surface area contributed by atoms with E-state index in [1.54, 1.807) is 4.90 Å². The van der Waals surface area contributed by atoms with Crippen molar-refractivity contribution in [1.82, 2.24) is 4.90 Å². The maximum atomic E-state index is 11.7. The number of ether oxygens (including phenoxy) is 1. The maximum Gasteiger partial charge on any atom is 0.409 e. The van der Waals surface area contributed by atoms with Gasteiger partial charge in [0.1, 0.15) is 0 Å². The molecular weight excluding hydrogens is 234 g/mol. The summed E-state index contributed by atoms with van der Waals surface area (Å²) in [5.41, 5.74) is 0. The number of piperidine rings is 1. The topological polar surface area (TPSA) is 66.8 Å². The molecule has 18 heavy (non-hydrogen) atoms. The Morgan fingerprint density at radius 1 is 1.28 bits per heavy atom. The average molecular weight is 257 g/mol. The number of carboxylic acid groups (broad SMARTS) is 1. The molecule has 1 aliphatic rings. The Balaban J connectivity index is 2.17. The SMILES string of the molecule is CCCCCOC(=O)N1CCC(CC(=O)O)CC1. The zero-order chi connectivity index (χ0) is 13.4. The van der Waals surface area contributed by atoms with E-state index >= 15 is 0 Å². The van der Waals surface area contributed by atoms with Crippen LogP contribution in [0.2, 0.25) is 0 Å². The number of hydrogen-bond donors (Lipinski definition) is 1. The number of unbranched alkanes of at least 4 members (excludes halogenated alkanes) is 2. The molecule has 1 saturated heterocycles. The molecule has 0 unspecified atom stereocenters. The third kappa shape index (κ3) is 5.38. The lowest BCUT2D eigenvalue weighted by Gasteiger charge is -2.30. The number of rotatable bonds is 6. The summed E-state index contributed by atoms with van der Waals surface area (Å²) in [6.07, 6.45) is 4.58. The van der Waals surface area contributed by atoms with Gasteiger partial charge in [-0.3, -0.25) is 4.79 Å². The van der Waals surface area contributed by atoms with Gasteiger partial charge in [-0.25, -0.2) is 4.79 Å². The predicted molar refractivity (Wildman–Crippen MR) is 67.4 cm³/mol. The predicted octanol–water partition coefficient (Wildman–Crippen LogP) is 2.50. The van der Waals surface area contributed by atoms with Gasteiger partial charge in [0.2, 0.25) is 0 Å². The molecule has 0 aromatic rings. The first-order valence-electron chi connectivity index (χ1n) is 6.77. The zero-order valence-electron chi connectivity index (χ0n) is 11.1. The molecule has 0 spiro atoms. The molecule has 0 radical (unpaired) electrons. The Morgan fingerprint density at radius 2 is 1.94 bits per heavy atom. The fourth-order valence-electron chi connectivity index (χ4n) is 2.17. The Morgan fingerprint density at radius 3 is 2.50 bits per heavy atom. The number of amides is 1. The minimum Gasteiger partial charge on any atom is -0.481 e. The summed E-state index contributed by atoms with van der Waals surface area (Å²) >= 11 is 0. The molecule has 0 saturated carbocycles. The standard InChI is InChI=1S/C13H23NO4/c1-2-3-4-9-18-13(17)14-7-5-11(6-8-14)10-12(15)16/h11H,2-10H2,1H3,(H,15,16). The third-order valence-corrected chi connectivity index (χ3v) is 3.31. The van der Waals surface area contributed by atoms with E-state index in [1.165, 1.54) is 0 Å². The Labute approximate surface area is 108 Å². The Kier molecular flexibility index (Phi) is 6.54. The van der Waals surface area contributed by atoms with Crippen LogP contribution < -0.4 is 0 Å². The van der Waals surface area contributed by atoms with E-state index in [1.807, 2.05) is 0 Å². The highest BCUT2D eigenvalue weighted by molar-refractivity contribution is 5.68. The Bertz CT molecular complexity index is 272. The highest BCUT2D eigenvalue weighted by Gasteiger charge is 2.24. The summed E-state index contributed by atoms with van der Waals surface area (Å²) in [6.45, 7) is 3.83. The lowest BCUT2D eigenvalue weighted by atomic mass is 9.94. The summed E-state index contributed by atoms with van der Waals surface area (Å²) < 4.78 is 5.17. The smallest absolute Gasteiger partial charge is 0.409 e. The second-order valence-electron chi connectivity index (χ2n) is 4.85. The number of carbonyl (C=O) groups is 2. The van der Waals surface area contributed by atoms with Gasteiger partial charge in [-0.15, -0.1) is 0 Å². The van der Waals surface area contributed by atoms with Crippen molar-refractivity contribution in [2.45, 2.75) is 45.4 Å². The number of carboxylic acids is 1. The molecule has 1 aliphatic heterocycles. The summed E-state index contributed by atoms with van der Waals surface area (Å²) in [4.78, 5) is 23.9. The molecule has 0 aromatic carbocycles. The molecular formula is C13H23NO4. The third-order valence-electron chi connectivity index (χ3n) is 3.31. The zero-order valence-corrected chi connectivity index (χ0v) is 11.1. The van der Waals surface area contributed by atoms with Crippen molar-refractivity contribution in [3.05, 3.63) is 0 Å². The van der Waals surface area contributed by atoms with Crippen molar-refractivity contribution in [2.75, 3.05) is 19.7 Å². The van der Waals surface area contributed by atoms with Crippen LogP contribution in [0.5, 0.6) is 0 Å². The largest absolute Gasteiger partial charge is 0.481 e. The van der Waals surface area contributed by atoms with Crippen molar-refractivity contribution in [3.63, 3.8) is 0 Å². The van der Waals surface area contributed by atoms with Gasteiger partial charge in [0.25, 0.3) is 0 Å². The van der Waals surface area contributed by atoms with Gasteiger partial charge < -0.3 is 14.7 Å². The highest BCUT2D eigenvalue weighted by atomic mass is 16.6. The molecule has 0 bridgehead atoms. The van der Waals surface area contributed by atoms with Gasteiger partial charge in [-0.2, -0.15) is 0 Å². The van der Waals surface area contributed by atoms with E-state index in [0.29, 0.717) is 19.7 Å². The van der Waals surface area contributed by atoms with Crippen molar-refractivity contribution in [2.24, 2.45) is 5.92 Å². The second kappa shape index (κ2) is 7.95. The van der Waals surface area contributed by atoms with Crippen molar-refractivity contribution in [1.29, 1.82) is 0 Å². The molecule has 1 amide bonds. The van der Waals surface area contributed by atoms with Crippen LogP contribution in [0.25, 0.3) is 0 Å². The summed E-state index contributed by atoms with van der Waals surface area (Å²) in [6, 6.07) is 0. The molecule has 1 rings (SSSR count). The van der Waals surface area contributed by atoms with E-state index in [2.05, 4.69) is 6.92 Å². The molecule has 0 atom stereocenters. The molecule has 104 valence electrons. The minimum atomic E-state index is -0.754. The summed E-state index contributed by atoms with van der Waals surface area (Å²) in [5, 5.41) is 8.70. The van der Waals surface area contributed by atoms with Crippen molar-refractivity contribution >= 4 is 12.1 Å². The summed E-state index contributed by atoms with van der Waals surface area (Å²) in [5.74, 6) is -0.553. The molecule has 1 heterocycles. The van der Waals surface area contributed by atoms with E-state index in [-0.39, 0.29) is 18.4 Å². The second-order valence-corrected chi connectivity index (χ2v) is 4.85. The molecule has 1 fully saturated rings. The van der Waals surface area contributed by atoms with Crippen LogP contribution in [0.15, 0.2) is 0 Å². The maximum absolute atomic E-state index is 11.7. The normalized spacial score (nSPS) is 16.6. The lowest BCUT2D eigenvalue weighted by molar-refractivity contribution is -0.138. The number of likely N-dealkylation sites (tertiary alicyclic amines) is 1. The number of hydrogen-bond acceptors (Lipinski definition) is 3. The minimum absolute atomic E-state index is 0.201. The number of aliphatic carboxylic acids is 1. The first-order valence-corrected chi connectivity index (χ1v) is 6.77. The van der Waals surface area contributed by atoms with Gasteiger partial charge >= 0.3 is 12.1 Å². The first kappa shape index (κ1) is 14.8. The molecule has 5 heteroatoms. The monoisotopic (exact) mass is 257 g/mol. The van der Waals surface area contributed by atoms with Crippen LogP contribution in [0.3, 0.4) is 0 Å². The van der Waals surface area contributed by atoms with Crippen LogP contribution in [-0.2, 0) is 9.53 Å². The lowest BCUT2D eigenvalue weighted by Crippen LogP contribution is -2.39. The van der Waals surface area contributed by atoms with Gasteiger partial charge in [0.15, 0.2) is 0 Å². The average Bonchev–Trinajstić information content (AvgIpc) is 2.34. The molecule has 0 aliphatic carbocycles. The molecule has 0 aromatic heterocycles. The van der Waals surface area contributed by atoms with Crippen molar-refractivity contribution < 1.29 is 19.4 Å². The fourth-order valence-corrected chi connectivity index (χ4v) is 2.17. The van der Waals surface area contributed by atoms with Crippen LogP contribution in [0.1, 0.15) is 45.4 Å². The van der Waals surface area contributed by atoms with Crippen LogP contribution >= 0.6 is 0 Å². The summed E-state index contributed by atoms with van der Waals surface area (Å²) in [7, 11) is 0. The Hall–Kier alpha value is -1.26. The van der Waals surface area contributed by atoms with E-state index in [9.17, 15) is 9.59 Å². The number of nitrogens with zero attached hydrogens (tertiary/aromatic N) is 1. The quantitative estimate of drug-likeness (QED) is 0.742. The van der Waals surface area contributed by atoms with Gasteiger partial charge in [0, 0.05) is 19.5 Å². The highest BCUT2D eigenvalue weighted by Crippen LogP contribution is 2.20. The van der Waals surface area contributed by atoms with E-state index < -0.39 is 5.97 Å². The van der Waals surface area contributed by atoms with Gasteiger partial charge in [-0.1, -0.05) is 19.8 Å². The van der Waals surface area contributed by atoms with E-state index in [4.69, 9.17) is 9.84 Å². The molecule has 5 nitrogen and oxygen atoms in total.